The summed E-state index contributed by atoms with van der Waals surface area (Å²) >= 11 is 0. The molecule has 142 valence electrons. The Hall–Kier alpha value is -2.64. The van der Waals surface area contributed by atoms with Crippen molar-refractivity contribution in [2.45, 2.75) is 17.7 Å². The number of sulfone groups is 1. The first-order chi connectivity index (χ1) is 12.9. The Labute approximate surface area is 159 Å². The smallest absolute Gasteiger partial charge is 0.244 e. The van der Waals surface area contributed by atoms with E-state index in [1.54, 1.807) is 47.5 Å². The standard InChI is InChI=1S/C20H22N2O4S/c1-21(2)15-20(23)22-12-13-26-18(14-22)17-10-6-7-11-19(17)27(24,25)16-8-4-3-5-9-16/h3-5,7-9,11-14H,6,10,15H2,1-2H3. The van der Waals surface area contributed by atoms with Crippen molar-refractivity contribution < 1.29 is 17.9 Å². The van der Waals surface area contributed by atoms with E-state index in [1.807, 2.05) is 20.2 Å². The fourth-order valence-corrected chi connectivity index (χ4v) is 4.46. The van der Waals surface area contributed by atoms with E-state index in [-0.39, 0.29) is 22.3 Å². The van der Waals surface area contributed by atoms with Crippen LogP contribution in [0.5, 0.6) is 0 Å². The molecule has 7 heteroatoms. The maximum absolute atomic E-state index is 13.1. The van der Waals surface area contributed by atoms with Gasteiger partial charge in [0, 0.05) is 11.8 Å². The number of benzene rings is 1. The molecule has 0 aromatic heterocycles. The Morgan fingerprint density at radius 3 is 2.67 bits per heavy atom. The predicted octanol–water partition coefficient (Wildman–Crippen LogP) is 2.80. The molecule has 0 N–H and O–H groups in total. The molecular formula is C20H22N2O4S. The number of likely N-dealkylation sites (N-methyl/N-ethyl adjacent to an activating group) is 1. The Bertz CT molecular complexity index is 941. The highest BCUT2D eigenvalue weighted by atomic mass is 32.2. The molecule has 1 amide bonds. The first-order valence-electron chi connectivity index (χ1n) is 8.61. The molecule has 0 bridgehead atoms. The second-order valence-corrected chi connectivity index (χ2v) is 8.45. The molecular weight excluding hydrogens is 364 g/mol. The number of rotatable bonds is 5. The molecule has 1 heterocycles. The van der Waals surface area contributed by atoms with E-state index in [2.05, 4.69) is 0 Å². The summed E-state index contributed by atoms with van der Waals surface area (Å²) in [6.07, 6.45) is 9.18. The van der Waals surface area contributed by atoms with E-state index in [1.165, 1.54) is 17.4 Å². The number of ether oxygens (including phenoxy) is 1. The molecule has 6 nitrogen and oxygen atoms in total. The van der Waals surface area contributed by atoms with E-state index in [9.17, 15) is 13.2 Å². The van der Waals surface area contributed by atoms with Crippen LogP contribution in [0.25, 0.3) is 0 Å². The van der Waals surface area contributed by atoms with Gasteiger partial charge in [-0.1, -0.05) is 24.3 Å². The van der Waals surface area contributed by atoms with Crippen molar-refractivity contribution in [3.8, 4) is 0 Å². The molecule has 0 atom stereocenters. The predicted molar refractivity (Wildman–Crippen MR) is 103 cm³/mol. The normalized spacial score (nSPS) is 17.1. The highest BCUT2D eigenvalue weighted by molar-refractivity contribution is 7.95. The van der Waals surface area contributed by atoms with Gasteiger partial charge in [0.2, 0.25) is 15.7 Å². The molecule has 1 aromatic carbocycles. The summed E-state index contributed by atoms with van der Waals surface area (Å²) in [5.74, 6) is 0.250. The number of allylic oxidation sites excluding steroid dienone is 3. The molecule has 0 saturated heterocycles. The van der Waals surface area contributed by atoms with Gasteiger partial charge in [0.1, 0.15) is 12.0 Å². The van der Waals surface area contributed by atoms with Crippen LogP contribution in [0.1, 0.15) is 12.8 Å². The number of amides is 1. The maximum Gasteiger partial charge on any atom is 0.244 e. The highest BCUT2D eigenvalue weighted by Crippen LogP contribution is 2.34. The minimum Gasteiger partial charge on any atom is -0.462 e. The molecule has 0 unspecified atom stereocenters. The van der Waals surface area contributed by atoms with Crippen LogP contribution in [0.2, 0.25) is 0 Å². The molecule has 0 fully saturated rings. The van der Waals surface area contributed by atoms with Gasteiger partial charge >= 0.3 is 0 Å². The highest BCUT2D eigenvalue weighted by Gasteiger charge is 2.27. The Morgan fingerprint density at radius 1 is 1.22 bits per heavy atom. The summed E-state index contributed by atoms with van der Waals surface area (Å²) in [4.78, 5) is 16.0. The topological polar surface area (TPSA) is 66.9 Å². The second-order valence-electron chi connectivity index (χ2n) is 6.54. The maximum atomic E-state index is 13.1. The summed E-state index contributed by atoms with van der Waals surface area (Å²) in [6, 6.07) is 8.31. The van der Waals surface area contributed by atoms with Crippen LogP contribution in [0.4, 0.5) is 0 Å². The summed E-state index contributed by atoms with van der Waals surface area (Å²) in [6.45, 7) is 0.238. The first-order valence-corrected chi connectivity index (χ1v) is 10.1. The van der Waals surface area contributed by atoms with Crippen LogP contribution in [-0.4, -0.2) is 44.8 Å². The third-order valence-electron chi connectivity index (χ3n) is 4.18. The van der Waals surface area contributed by atoms with E-state index in [0.29, 0.717) is 24.2 Å². The molecule has 0 saturated carbocycles. The lowest BCUT2D eigenvalue weighted by molar-refractivity contribution is -0.127. The molecule has 3 rings (SSSR count). The third-order valence-corrected chi connectivity index (χ3v) is 6.03. The molecule has 2 aliphatic rings. The third kappa shape index (κ3) is 4.20. The zero-order valence-electron chi connectivity index (χ0n) is 15.3. The van der Waals surface area contributed by atoms with Gasteiger partial charge in [-0.05, 0) is 45.1 Å². The minimum absolute atomic E-state index is 0.128. The Kier molecular flexibility index (Phi) is 5.62. The van der Waals surface area contributed by atoms with Gasteiger partial charge in [-0.25, -0.2) is 8.42 Å². The number of nitrogens with zero attached hydrogens (tertiary/aromatic N) is 2. The quantitative estimate of drug-likeness (QED) is 0.778. The molecule has 0 spiro atoms. The average Bonchev–Trinajstić information content (AvgIpc) is 2.68. The lowest BCUT2D eigenvalue weighted by Crippen LogP contribution is -2.32. The van der Waals surface area contributed by atoms with Crippen molar-refractivity contribution in [2.75, 3.05) is 20.6 Å². The second kappa shape index (κ2) is 7.94. The van der Waals surface area contributed by atoms with Crippen molar-refractivity contribution in [2.24, 2.45) is 0 Å². The molecule has 1 aromatic rings. The zero-order chi connectivity index (χ0) is 19.4. The van der Waals surface area contributed by atoms with Crippen LogP contribution in [-0.2, 0) is 19.4 Å². The van der Waals surface area contributed by atoms with Crippen molar-refractivity contribution in [3.63, 3.8) is 0 Å². The zero-order valence-corrected chi connectivity index (χ0v) is 16.1. The van der Waals surface area contributed by atoms with Gasteiger partial charge in [0.05, 0.1) is 22.5 Å². The summed E-state index contributed by atoms with van der Waals surface area (Å²) in [7, 11) is -0.0587. The molecule has 1 aliphatic heterocycles. The molecule has 0 radical (unpaired) electrons. The van der Waals surface area contributed by atoms with Crippen molar-refractivity contribution in [1.82, 2.24) is 9.80 Å². The lowest BCUT2D eigenvalue weighted by atomic mass is 10.0. The first kappa shape index (κ1) is 19.1. The Balaban J connectivity index is 2.01. The average molecular weight is 386 g/mol. The monoisotopic (exact) mass is 386 g/mol. The number of carbonyl (C=O) groups is 1. The van der Waals surface area contributed by atoms with Gasteiger partial charge in [-0.2, -0.15) is 0 Å². The van der Waals surface area contributed by atoms with Crippen LogP contribution in [0.15, 0.2) is 82.3 Å². The summed E-state index contributed by atoms with van der Waals surface area (Å²) in [5.41, 5.74) is 0.577. The summed E-state index contributed by atoms with van der Waals surface area (Å²) in [5, 5.41) is 0. The lowest BCUT2D eigenvalue weighted by Gasteiger charge is -2.24. The number of carbonyl (C=O) groups excluding carboxylic acids is 1. The fourth-order valence-electron chi connectivity index (χ4n) is 2.89. The van der Waals surface area contributed by atoms with Crippen LogP contribution < -0.4 is 0 Å². The van der Waals surface area contributed by atoms with Crippen molar-refractivity contribution >= 4 is 15.7 Å². The Morgan fingerprint density at radius 2 is 1.96 bits per heavy atom. The van der Waals surface area contributed by atoms with Gasteiger partial charge in [-0.15, -0.1) is 0 Å². The minimum atomic E-state index is -3.68. The number of hydrogen-bond donors (Lipinski definition) is 0. The number of hydrogen-bond acceptors (Lipinski definition) is 5. The van der Waals surface area contributed by atoms with Crippen LogP contribution >= 0.6 is 0 Å². The van der Waals surface area contributed by atoms with Gasteiger partial charge < -0.3 is 9.64 Å². The van der Waals surface area contributed by atoms with Crippen LogP contribution in [0.3, 0.4) is 0 Å². The van der Waals surface area contributed by atoms with E-state index >= 15 is 0 Å². The van der Waals surface area contributed by atoms with Crippen molar-refractivity contribution in [3.05, 3.63) is 77.4 Å². The van der Waals surface area contributed by atoms with Gasteiger partial charge in [0.15, 0.2) is 0 Å². The van der Waals surface area contributed by atoms with E-state index < -0.39 is 9.84 Å². The SMILES string of the molecule is CN(C)CC(=O)N1C=COC(C2=C(S(=O)(=O)c3ccccc3)C=CCC2)=C1. The molecule has 1 aliphatic carbocycles. The summed E-state index contributed by atoms with van der Waals surface area (Å²) < 4.78 is 31.8. The van der Waals surface area contributed by atoms with Gasteiger partial charge in [0.25, 0.3) is 0 Å². The molecule has 27 heavy (non-hydrogen) atoms. The van der Waals surface area contributed by atoms with E-state index in [4.69, 9.17) is 4.74 Å². The van der Waals surface area contributed by atoms with Gasteiger partial charge in [-0.3, -0.25) is 9.69 Å². The van der Waals surface area contributed by atoms with Crippen molar-refractivity contribution in [1.29, 1.82) is 0 Å². The van der Waals surface area contributed by atoms with Crippen LogP contribution in [0, 0.1) is 0 Å². The fraction of sp³-hybridized carbons (Fsp3) is 0.250. The largest absolute Gasteiger partial charge is 0.462 e. The van der Waals surface area contributed by atoms with E-state index in [0.717, 1.165) is 0 Å².